The third-order valence-electron chi connectivity index (χ3n) is 4.45. The van der Waals surface area contributed by atoms with E-state index in [0.29, 0.717) is 34.0 Å². The molecule has 0 aliphatic rings. The number of aromatic nitrogens is 3. The van der Waals surface area contributed by atoms with Crippen LogP contribution in [0.5, 0.6) is 0 Å². The lowest BCUT2D eigenvalue weighted by atomic mass is 10.1. The molecule has 0 saturated carbocycles. The van der Waals surface area contributed by atoms with Gasteiger partial charge in [0, 0.05) is 17.6 Å². The average Bonchev–Trinajstić information content (AvgIpc) is 2.73. The summed E-state index contributed by atoms with van der Waals surface area (Å²) < 4.78 is 1.41. The van der Waals surface area contributed by atoms with Crippen LogP contribution in [-0.4, -0.2) is 20.4 Å². The van der Waals surface area contributed by atoms with E-state index in [2.05, 4.69) is 15.3 Å². The number of fused-ring (bicyclic) bond motifs is 1. The Kier molecular flexibility index (Phi) is 5.35. The van der Waals surface area contributed by atoms with E-state index in [9.17, 15) is 9.59 Å². The molecule has 0 saturated heterocycles. The van der Waals surface area contributed by atoms with Gasteiger partial charge in [-0.1, -0.05) is 41.9 Å². The maximum absolute atomic E-state index is 13.1. The fourth-order valence-electron chi connectivity index (χ4n) is 3.06. The van der Waals surface area contributed by atoms with E-state index in [-0.39, 0.29) is 18.0 Å². The van der Waals surface area contributed by atoms with Crippen molar-refractivity contribution in [2.45, 2.75) is 13.0 Å². The zero-order valence-electron chi connectivity index (χ0n) is 15.4. The number of para-hydroxylation sites is 1. The van der Waals surface area contributed by atoms with Crippen LogP contribution in [0.1, 0.15) is 11.4 Å². The molecule has 1 N–H and O–H groups in total. The Hall–Kier alpha value is -3.51. The second kappa shape index (κ2) is 8.24. The number of nitrogens with zero attached hydrogens (tertiary/aromatic N) is 3. The lowest BCUT2D eigenvalue weighted by Crippen LogP contribution is -2.31. The van der Waals surface area contributed by atoms with Crippen LogP contribution in [0.25, 0.3) is 10.9 Å². The zero-order chi connectivity index (χ0) is 20.2. The van der Waals surface area contributed by atoms with Gasteiger partial charge in [-0.3, -0.25) is 14.2 Å². The minimum atomic E-state index is -0.347. The standard InChI is InChI=1S/C22H17ClN4O2/c23-16-10-8-15(9-11-16)13-20-25-18-6-2-1-5-17(18)22(29)27(20)14-21(28)26-19-7-3-4-12-24-19/h1-12H,13-14H2,(H,24,26,28). The second-order valence-corrected chi connectivity index (χ2v) is 6.94. The number of nitrogens with one attached hydrogen (secondary N) is 1. The maximum atomic E-state index is 13.1. The molecule has 0 spiro atoms. The van der Waals surface area contributed by atoms with Crippen molar-refractivity contribution in [3.05, 3.63) is 99.7 Å². The van der Waals surface area contributed by atoms with E-state index >= 15 is 0 Å². The summed E-state index contributed by atoms with van der Waals surface area (Å²) >= 11 is 5.97. The van der Waals surface area contributed by atoms with Crippen molar-refractivity contribution in [2.75, 3.05) is 5.32 Å². The fourth-order valence-corrected chi connectivity index (χ4v) is 3.19. The summed E-state index contributed by atoms with van der Waals surface area (Å²) in [5.41, 5.74) is 1.29. The highest BCUT2D eigenvalue weighted by molar-refractivity contribution is 6.30. The van der Waals surface area contributed by atoms with Crippen LogP contribution in [0.2, 0.25) is 5.02 Å². The Morgan fingerprint density at radius 2 is 1.76 bits per heavy atom. The predicted octanol–water partition coefficient (Wildman–Crippen LogP) is 3.67. The molecule has 0 aliphatic heterocycles. The largest absolute Gasteiger partial charge is 0.309 e. The molecule has 0 aliphatic carbocycles. The summed E-state index contributed by atoms with van der Waals surface area (Å²) in [6, 6.07) is 19.7. The first-order valence-electron chi connectivity index (χ1n) is 9.04. The highest BCUT2D eigenvalue weighted by Gasteiger charge is 2.15. The van der Waals surface area contributed by atoms with Crippen molar-refractivity contribution in [3.63, 3.8) is 0 Å². The van der Waals surface area contributed by atoms with Crippen molar-refractivity contribution >= 4 is 34.2 Å². The van der Waals surface area contributed by atoms with Gasteiger partial charge in [-0.05, 0) is 42.0 Å². The lowest BCUT2D eigenvalue weighted by Gasteiger charge is -2.14. The summed E-state index contributed by atoms with van der Waals surface area (Å²) in [4.78, 5) is 34.4. The number of benzene rings is 2. The summed E-state index contributed by atoms with van der Waals surface area (Å²) in [6.45, 7) is -0.157. The van der Waals surface area contributed by atoms with Gasteiger partial charge in [0.05, 0.1) is 10.9 Å². The number of halogens is 1. The first-order valence-corrected chi connectivity index (χ1v) is 9.42. The number of hydrogen-bond acceptors (Lipinski definition) is 4. The minimum absolute atomic E-state index is 0.157. The van der Waals surface area contributed by atoms with Crippen LogP contribution >= 0.6 is 11.6 Å². The van der Waals surface area contributed by atoms with Crippen molar-refractivity contribution in [1.82, 2.24) is 14.5 Å². The number of carbonyl (C=O) groups is 1. The molecule has 0 radical (unpaired) electrons. The number of carbonyl (C=O) groups excluding carboxylic acids is 1. The average molecular weight is 405 g/mol. The van der Waals surface area contributed by atoms with Crippen LogP contribution in [-0.2, 0) is 17.8 Å². The van der Waals surface area contributed by atoms with Gasteiger partial charge in [-0.15, -0.1) is 0 Å². The molecular weight excluding hydrogens is 388 g/mol. The second-order valence-electron chi connectivity index (χ2n) is 6.50. The molecule has 2 aromatic carbocycles. The molecule has 2 heterocycles. The molecule has 4 aromatic rings. The van der Waals surface area contributed by atoms with Gasteiger partial charge in [0.15, 0.2) is 0 Å². The molecule has 1 amide bonds. The Bertz CT molecular complexity index is 1220. The number of hydrogen-bond donors (Lipinski definition) is 1. The van der Waals surface area contributed by atoms with Gasteiger partial charge in [0.2, 0.25) is 5.91 Å². The van der Waals surface area contributed by atoms with E-state index in [4.69, 9.17) is 11.6 Å². The molecule has 0 unspecified atom stereocenters. The van der Waals surface area contributed by atoms with Gasteiger partial charge in [-0.25, -0.2) is 9.97 Å². The van der Waals surface area contributed by atoms with E-state index < -0.39 is 0 Å². The van der Waals surface area contributed by atoms with E-state index in [1.54, 1.807) is 54.7 Å². The summed E-state index contributed by atoms with van der Waals surface area (Å²) in [7, 11) is 0. The molecule has 4 rings (SSSR count). The van der Waals surface area contributed by atoms with Crippen LogP contribution < -0.4 is 10.9 Å². The van der Waals surface area contributed by atoms with E-state index in [1.165, 1.54) is 4.57 Å². The van der Waals surface area contributed by atoms with Gasteiger partial charge >= 0.3 is 0 Å². The number of anilines is 1. The van der Waals surface area contributed by atoms with E-state index in [1.807, 2.05) is 18.2 Å². The molecule has 2 aromatic heterocycles. The normalized spacial score (nSPS) is 10.8. The van der Waals surface area contributed by atoms with Crippen LogP contribution in [0, 0.1) is 0 Å². The molecule has 7 heteroatoms. The summed E-state index contributed by atoms with van der Waals surface area (Å²) in [5.74, 6) is 0.589. The van der Waals surface area contributed by atoms with Crippen LogP contribution in [0.4, 0.5) is 5.82 Å². The number of pyridine rings is 1. The van der Waals surface area contributed by atoms with Gasteiger partial charge in [-0.2, -0.15) is 0 Å². The van der Waals surface area contributed by atoms with E-state index in [0.717, 1.165) is 5.56 Å². The van der Waals surface area contributed by atoms with Crippen LogP contribution in [0.3, 0.4) is 0 Å². The lowest BCUT2D eigenvalue weighted by molar-refractivity contribution is -0.116. The predicted molar refractivity (Wildman–Crippen MR) is 113 cm³/mol. The molecule has 0 atom stereocenters. The van der Waals surface area contributed by atoms with Crippen molar-refractivity contribution in [3.8, 4) is 0 Å². The Morgan fingerprint density at radius 3 is 2.52 bits per heavy atom. The number of amides is 1. The third kappa shape index (κ3) is 4.33. The zero-order valence-corrected chi connectivity index (χ0v) is 16.1. The molecule has 0 bridgehead atoms. The number of rotatable bonds is 5. The topological polar surface area (TPSA) is 76.9 Å². The Balaban J connectivity index is 1.71. The van der Waals surface area contributed by atoms with Crippen molar-refractivity contribution < 1.29 is 4.79 Å². The monoisotopic (exact) mass is 404 g/mol. The first-order chi connectivity index (χ1) is 14.1. The van der Waals surface area contributed by atoms with Crippen molar-refractivity contribution in [1.29, 1.82) is 0 Å². The van der Waals surface area contributed by atoms with Gasteiger partial charge < -0.3 is 5.32 Å². The van der Waals surface area contributed by atoms with Crippen LogP contribution in [0.15, 0.2) is 77.7 Å². The molecular formula is C22H17ClN4O2. The van der Waals surface area contributed by atoms with Gasteiger partial charge in [0.1, 0.15) is 18.2 Å². The smallest absolute Gasteiger partial charge is 0.261 e. The molecule has 144 valence electrons. The Labute approximate surface area is 171 Å². The fraction of sp³-hybridized carbons (Fsp3) is 0.0909. The first kappa shape index (κ1) is 18.8. The SMILES string of the molecule is O=C(Cn1c(Cc2ccc(Cl)cc2)nc2ccccc2c1=O)Nc1ccccn1. The molecule has 0 fully saturated rings. The molecule has 6 nitrogen and oxygen atoms in total. The minimum Gasteiger partial charge on any atom is -0.309 e. The summed E-state index contributed by atoms with van der Waals surface area (Å²) in [5, 5.41) is 3.81. The molecule has 29 heavy (non-hydrogen) atoms. The van der Waals surface area contributed by atoms with Gasteiger partial charge in [0.25, 0.3) is 5.56 Å². The third-order valence-corrected chi connectivity index (χ3v) is 4.70. The highest BCUT2D eigenvalue weighted by atomic mass is 35.5. The maximum Gasteiger partial charge on any atom is 0.261 e. The Morgan fingerprint density at radius 1 is 1.00 bits per heavy atom. The quantitative estimate of drug-likeness (QED) is 0.550. The van der Waals surface area contributed by atoms with Crippen molar-refractivity contribution in [2.24, 2.45) is 0 Å². The highest BCUT2D eigenvalue weighted by Crippen LogP contribution is 2.15. The summed E-state index contributed by atoms with van der Waals surface area (Å²) in [6.07, 6.45) is 1.99.